The van der Waals surface area contributed by atoms with Crippen molar-refractivity contribution in [2.45, 2.75) is 13.0 Å². The van der Waals surface area contributed by atoms with E-state index in [4.69, 9.17) is 0 Å². The Bertz CT molecular complexity index is 718. The summed E-state index contributed by atoms with van der Waals surface area (Å²) in [6, 6.07) is 10.8. The van der Waals surface area contributed by atoms with Crippen LogP contribution >= 0.6 is 27.3 Å². The Labute approximate surface area is 131 Å². The molecule has 4 heteroatoms. The van der Waals surface area contributed by atoms with Gasteiger partial charge in [-0.05, 0) is 50.9 Å². The number of aromatic nitrogens is 1. The van der Waals surface area contributed by atoms with Gasteiger partial charge >= 0.3 is 0 Å². The molecule has 0 saturated heterocycles. The zero-order chi connectivity index (χ0) is 13.9. The van der Waals surface area contributed by atoms with E-state index < -0.39 is 0 Å². The molecule has 0 fully saturated rings. The van der Waals surface area contributed by atoms with Gasteiger partial charge in [-0.3, -0.25) is 4.98 Å². The zero-order valence-electron chi connectivity index (χ0n) is 11.1. The first-order valence-corrected chi connectivity index (χ1v) is 8.27. The molecule has 1 aromatic carbocycles. The largest absolute Gasteiger partial charge is 0.306 e. The quantitative estimate of drug-likeness (QED) is 0.736. The average Bonchev–Trinajstić information content (AvgIpc) is 2.90. The molecule has 0 bridgehead atoms. The molecule has 1 atom stereocenters. The summed E-state index contributed by atoms with van der Waals surface area (Å²) in [5, 5.41) is 8.14. The number of hydrogen-bond acceptors (Lipinski definition) is 3. The number of hydrogen-bond donors (Lipinski definition) is 1. The fraction of sp³-hybridized carbons (Fsp3) is 0.188. The lowest BCUT2D eigenvalue weighted by molar-refractivity contribution is 0.641. The topological polar surface area (TPSA) is 24.9 Å². The van der Waals surface area contributed by atoms with Crippen LogP contribution in [0.15, 0.2) is 52.6 Å². The van der Waals surface area contributed by atoms with Crippen molar-refractivity contribution in [1.29, 1.82) is 0 Å². The number of pyridine rings is 1. The van der Waals surface area contributed by atoms with Gasteiger partial charge in [0.15, 0.2) is 0 Å². The molecule has 0 aliphatic rings. The number of rotatable bonds is 4. The molecule has 102 valence electrons. The number of nitrogens with zero attached hydrogens (tertiary/aromatic N) is 1. The molecule has 0 amide bonds. The normalized spacial score (nSPS) is 12.7. The molecule has 0 aliphatic heterocycles. The summed E-state index contributed by atoms with van der Waals surface area (Å²) in [5.41, 5.74) is 1.28. The average molecular weight is 347 g/mol. The SMILES string of the molecule is CCNC(c1sccc1Br)c1cccc2ccncc12. The Morgan fingerprint density at radius 1 is 1.30 bits per heavy atom. The zero-order valence-corrected chi connectivity index (χ0v) is 13.5. The van der Waals surface area contributed by atoms with Crippen LogP contribution in [0.5, 0.6) is 0 Å². The molecule has 2 nitrogen and oxygen atoms in total. The number of thiophene rings is 1. The lowest BCUT2D eigenvalue weighted by Crippen LogP contribution is -2.21. The van der Waals surface area contributed by atoms with E-state index in [1.54, 1.807) is 11.3 Å². The smallest absolute Gasteiger partial charge is 0.0688 e. The summed E-state index contributed by atoms with van der Waals surface area (Å²) in [4.78, 5) is 5.59. The van der Waals surface area contributed by atoms with Crippen molar-refractivity contribution >= 4 is 38.0 Å². The molecule has 2 aromatic heterocycles. The van der Waals surface area contributed by atoms with E-state index in [0.717, 1.165) is 11.0 Å². The van der Waals surface area contributed by atoms with E-state index in [1.807, 2.05) is 12.4 Å². The van der Waals surface area contributed by atoms with Crippen molar-refractivity contribution in [1.82, 2.24) is 10.3 Å². The van der Waals surface area contributed by atoms with Gasteiger partial charge in [-0.25, -0.2) is 0 Å². The summed E-state index contributed by atoms with van der Waals surface area (Å²) in [6.45, 7) is 3.06. The molecular formula is C16H15BrN2S. The first kappa shape index (κ1) is 13.7. The summed E-state index contributed by atoms with van der Waals surface area (Å²) >= 11 is 5.42. The predicted molar refractivity (Wildman–Crippen MR) is 89.3 cm³/mol. The molecule has 0 saturated carbocycles. The van der Waals surface area contributed by atoms with Crippen LogP contribution in [0.25, 0.3) is 10.8 Å². The maximum Gasteiger partial charge on any atom is 0.0688 e. The van der Waals surface area contributed by atoms with Gasteiger partial charge in [0.2, 0.25) is 0 Å². The van der Waals surface area contributed by atoms with Crippen LogP contribution < -0.4 is 5.32 Å². The third-order valence-corrected chi connectivity index (χ3v) is 5.28. The molecule has 3 rings (SSSR count). The molecule has 20 heavy (non-hydrogen) atoms. The second-order valence-electron chi connectivity index (χ2n) is 4.57. The van der Waals surface area contributed by atoms with Gasteiger partial charge in [0, 0.05) is 27.1 Å². The van der Waals surface area contributed by atoms with Gasteiger partial charge < -0.3 is 5.32 Å². The van der Waals surface area contributed by atoms with E-state index in [-0.39, 0.29) is 6.04 Å². The maximum atomic E-state index is 4.28. The van der Waals surface area contributed by atoms with Gasteiger partial charge in [0.05, 0.1) is 6.04 Å². The highest BCUT2D eigenvalue weighted by molar-refractivity contribution is 9.10. The molecule has 3 aromatic rings. The fourth-order valence-corrected chi connectivity index (χ4v) is 4.14. The third-order valence-electron chi connectivity index (χ3n) is 3.34. The Morgan fingerprint density at radius 3 is 2.95 bits per heavy atom. The minimum absolute atomic E-state index is 0.197. The van der Waals surface area contributed by atoms with Crippen LogP contribution in [0.2, 0.25) is 0 Å². The van der Waals surface area contributed by atoms with E-state index in [2.05, 4.69) is 68.9 Å². The highest BCUT2D eigenvalue weighted by Gasteiger charge is 2.19. The molecule has 1 N–H and O–H groups in total. The van der Waals surface area contributed by atoms with Gasteiger partial charge in [0.1, 0.15) is 0 Å². The molecule has 0 radical (unpaired) electrons. The standard InChI is InChI=1S/C16H15BrN2S/c1-2-19-15(16-14(17)7-9-20-16)12-5-3-4-11-6-8-18-10-13(11)12/h3-10,15,19H,2H2,1H3. The van der Waals surface area contributed by atoms with E-state index in [0.29, 0.717) is 0 Å². The van der Waals surface area contributed by atoms with Crippen molar-refractivity contribution in [3.8, 4) is 0 Å². The van der Waals surface area contributed by atoms with Crippen molar-refractivity contribution in [2.75, 3.05) is 6.54 Å². The molecule has 1 unspecified atom stereocenters. The summed E-state index contributed by atoms with van der Waals surface area (Å²) in [6.07, 6.45) is 3.80. The summed E-state index contributed by atoms with van der Waals surface area (Å²) in [7, 11) is 0. The number of fused-ring (bicyclic) bond motifs is 1. The molecule has 0 aliphatic carbocycles. The molecule has 0 spiro atoms. The van der Waals surface area contributed by atoms with Crippen LogP contribution in [-0.2, 0) is 0 Å². The predicted octanol–water partition coefficient (Wildman–Crippen LogP) is 4.76. The lowest BCUT2D eigenvalue weighted by Gasteiger charge is -2.19. The minimum atomic E-state index is 0.197. The monoisotopic (exact) mass is 346 g/mol. The van der Waals surface area contributed by atoms with E-state index in [1.165, 1.54) is 21.2 Å². The van der Waals surface area contributed by atoms with Crippen molar-refractivity contribution < 1.29 is 0 Å². The Kier molecular flexibility index (Phi) is 4.15. The van der Waals surface area contributed by atoms with Crippen LogP contribution in [0, 0.1) is 0 Å². The van der Waals surface area contributed by atoms with E-state index >= 15 is 0 Å². The fourth-order valence-electron chi connectivity index (χ4n) is 2.45. The number of benzene rings is 1. The Morgan fingerprint density at radius 2 is 2.20 bits per heavy atom. The highest BCUT2D eigenvalue weighted by atomic mass is 79.9. The third kappa shape index (κ3) is 2.51. The second kappa shape index (κ2) is 6.04. The van der Waals surface area contributed by atoms with Crippen LogP contribution in [-0.4, -0.2) is 11.5 Å². The Hall–Kier alpha value is -1.23. The van der Waals surface area contributed by atoms with Crippen LogP contribution in [0.3, 0.4) is 0 Å². The van der Waals surface area contributed by atoms with Crippen LogP contribution in [0.1, 0.15) is 23.4 Å². The number of halogens is 1. The molecular weight excluding hydrogens is 332 g/mol. The summed E-state index contributed by atoms with van der Waals surface area (Å²) in [5.74, 6) is 0. The Balaban J connectivity index is 2.17. The van der Waals surface area contributed by atoms with E-state index in [9.17, 15) is 0 Å². The first-order chi connectivity index (χ1) is 9.81. The maximum absolute atomic E-state index is 4.28. The van der Waals surface area contributed by atoms with Crippen molar-refractivity contribution in [3.63, 3.8) is 0 Å². The van der Waals surface area contributed by atoms with Crippen molar-refractivity contribution in [3.05, 3.63) is 63.0 Å². The van der Waals surface area contributed by atoms with Gasteiger partial charge in [-0.15, -0.1) is 11.3 Å². The number of nitrogens with one attached hydrogen (secondary N) is 1. The van der Waals surface area contributed by atoms with Gasteiger partial charge in [-0.1, -0.05) is 25.1 Å². The lowest BCUT2D eigenvalue weighted by atomic mass is 9.99. The molecule has 2 heterocycles. The second-order valence-corrected chi connectivity index (χ2v) is 6.37. The highest BCUT2D eigenvalue weighted by Crippen LogP contribution is 2.35. The van der Waals surface area contributed by atoms with Gasteiger partial charge in [-0.2, -0.15) is 0 Å². The van der Waals surface area contributed by atoms with Crippen LogP contribution in [0.4, 0.5) is 0 Å². The van der Waals surface area contributed by atoms with Gasteiger partial charge in [0.25, 0.3) is 0 Å². The minimum Gasteiger partial charge on any atom is -0.306 e. The summed E-state index contributed by atoms with van der Waals surface area (Å²) < 4.78 is 1.16. The first-order valence-electron chi connectivity index (χ1n) is 6.60. The van der Waals surface area contributed by atoms with Crippen molar-refractivity contribution in [2.24, 2.45) is 0 Å².